The van der Waals surface area contributed by atoms with E-state index in [0.29, 0.717) is 55.6 Å². The third-order valence-corrected chi connectivity index (χ3v) is 8.50. The van der Waals surface area contributed by atoms with Crippen LogP contribution in [0.4, 0.5) is 5.69 Å². The lowest BCUT2D eigenvalue weighted by atomic mass is 9.72. The van der Waals surface area contributed by atoms with Crippen molar-refractivity contribution in [2.75, 3.05) is 18.8 Å². The molecule has 2 aromatic carbocycles. The average Bonchev–Trinajstić information content (AvgIpc) is 3.35. The van der Waals surface area contributed by atoms with Crippen molar-refractivity contribution in [2.24, 2.45) is 11.5 Å². The first kappa shape index (κ1) is 24.5. The first-order valence-corrected chi connectivity index (χ1v) is 13.4. The summed E-state index contributed by atoms with van der Waals surface area (Å²) in [7, 11) is 0. The highest BCUT2D eigenvalue weighted by molar-refractivity contribution is 7.21. The Morgan fingerprint density at radius 1 is 1.13 bits per heavy atom. The topological polar surface area (TPSA) is 158 Å². The summed E-state index contributed by atoms with van der Waals surface area (Å²) < 4.78 is 6.58. The van der Waals surface area contributed by atoms with E-state index in [9.17, 15) is 9.59 Å². The molecule has 4 aromatic rings. The van der Waals surface area contributed by atoms with Gasteiger partial charge in [0.15, 0.2) is 5.78 Å². The lowest BCUT2D eigenvalue weighted by Crippen LogP contribution is -2.53. The van der Waals surface area contributed by atoms with Crippen LogP contribution in [-0.4, -0.2) is 35.8 Å². The van der Waals surface area contributed by atoms with Gasteiger partial charge in [-0.25, -0.2) is 4.98 Å². The van der Waals surface area contributed by atoms with E-state index >= 15 is 0 Å². The number of hydrogen-bond donors (Lipinski definition) is 5. The molecule has 10 heteroatoms. The Labute approximate surface area is 223 Å². The monoisotopic (exact) mass is 528 g/mol. The number of carbonyl (C=O) groups excluding carboxylic acids is 2. The summed E-state index contributed by atoms with van der Waals surface area (Å²) in [4.78, 5) is 32.4. The predicted molar refractivity (Wildman–Crippen MR) is 147 cm³/mol. The fraction of sp³-hybridized carbons (Fsp3) is 0.250. The van der Waals surface area contributed by atoms with Crippen LogP contribution in [0.25, 0.3) is 10.1 Å². The summed E-state index contributed by atoms with van der Waals surface area (Å²) in [5.74, 6) is 0.189. The number of nitrogen functional groups attached to an aromatic ring is 1. The van der Waals surface area contributed by atoms with Crippen molar-refractivity contribution in [3.8, 4) is 11.6 Å². The molecular formula is C28H28N6O3S. The quantitative estimate of drug-likeness (QED) is 0.247. The third kappa shape index (κ3) is 3.93. The summed E-state index contributed by atoms with van der Waals surface area (Å²) >= 11 is 1.24. The van der Waals surface area contributed by atoms with Gasteiger partial charge in [-0.1, -0.05) is 30.3 Å². The number of aromatic nitrogens is 1. The number of benzene rings is 2. The molecule has 2 aromatic heterocycles. The van der Waals surface area contributed by atoms with Gasteiger partial charge >= 0.3 is 0 Å². The summed E-state index contributed by atoms with van der Waals surface area (Å²) in [5, 5.41) is 7.04. The van der Waals surface area contributed by atoms with E-state index in [-0.39, 0.29) is 11.9 Å². The van der Waals surface area contributed by atoms with Gasteiger partial charge in [-0.05, 0) is 49.2 Å². The standard InChI is InChI=1S/C28H28N6O3S/c29-18-12-11-17-21-22(25(38-24(18)21)27(36)33-15-6-5-13-32-14-15)23(30)26(35)28(17,31)19-9-4-10-20(34-19)37-16-7-2-1-3-8-16/h1-4,7-12,15,23,32H,5-6,13-14,29-31H2,(H,33,36). The van der Waals surface area contributed by atoms with Crippen molar-refractivity contribution in [2.45, 2.75) is 30.5 Å². The number of Topliss-reactive ketones (excluding diaryl/α,β-unsaturated/α-hetero) is 1. The summed E-state index contributed by atoms with van der Waals surface area (Å²) in [6.45, 7) is 1.63. The number of nitrogens with two attached hydrogens (primary N) is 3. The number of amides is 1. The van der Waals surface area contributed by atoms with E-state index < -0.39 is 17.4 Å². The Bertz CT molecular complexity index is 1550. The van der Waals surface area contributed by atoms with Gasteiger partial charge in [-0.15, -0.1) is 11.3 Å². The molecule has 3 unspecified atom stereocenters. The highest BCUT2D eigenvalue weighted by Crippen LogP contribution is 2.49. The van der Waals surface area contributed by atoms with Crippen LogP contribution in [0.5, 0.6) is 11.6 Å². The normalized spacial score (nSPS) is 22.8. The molecule has 1 aliphatic heterocycles. The first-order valence-electron chi connectivity index (χ1n) is 12.5. The molecule has 1 amide bonds. The Morgan fingerprint density at radius 3 is 2.71 bits per heavy atom. The van der Waals surface area contributed by atoms with Crippen LogP contribution in [0.1, 0.15) is 45.4 Å². The first-order chi connectivity index (χ1) is 18.4. The number of rotatable bonds is 5. The number of pyridine rings is 1. The van der Waals surface area contributed by atoms with E-state index in [0.717, 1.165) is 19.4 Å². The Hall–Kier alpha value is -3.83. The van der Waals surface area contributed by atoms with Gasteiger partial charge < -0.3 is 32.6 Å². The number of ether oxygens (including phenoxy) is 1. The molecule has 2 aliphatic rings. The number of hydrogen-bond acceptors (Lipinski definition) is 9. The minimum atomic E-state index is -1.66. The molecule has 1 aliphatic carbocycles. The number of thiophene rings is 1. The molecule has 3 atom stereocenters. The lowest BCUT2D eigenvalue weighted by Gasteiger charge is -2.35. The van der Waals surface area contributed by atoms with Crippen LogP contribution in [0.2, 0.25) is 0 Å². The SMILES string of the molecule is Nc1ccc2c3c(c(C(=O)NC4CCCNC4)sc13)C(N)C(=O)C2(N)c1cccc(Oc2ccccc2)n1. The Morgan fingerprint density at radius 2 is 1.95 bits per heavy atom. The van der Waals surface area contributed by atoms with Gasteiger partial charge in [0.05, 0.1) is 21.3 Å². The van der Waals surface area contributed by atoms with Crippen molar-refractivity contribution in [1.82, 2.24) is 15.6 Å². The molecule has 0 spiro atoms. The van der Waals surface area contributed by atoms with Crippen molar-refractivity contribution in [3.63, 3.8) is 0 Å². The molecule has 9 nitrogen and oxygen atoms in total. The van der Waals surface area contributed by atoms with Crippen LogP contribution >= 0.6 is 11.3 Å². The number of para-hydroxylation sites is 1. The lowest BCUT2D eigenvalue weighted by molar-refractivity contribution is -0.124. The summed E-state index contributed by atoms with van der Waals surface area (Å²) in [6, 6.07) is 16.7. The largest absolute Gasteiger partial charge is 0.439 e. The number of nitrogens with zero attached hydrogens (tertiary/aromatic N) is 1. The Kier molecular flexibility index (Phi) is 6.11. The maximum atomic E-state index is 14.0. The van der Waals surface area contributed by atoms with Gasteiger partial charge in [-0.2, -0.15) is 0 Å². The summed E-state index contributed by atoms with van der Waals surface area (Å²) in [5.41, 5.74) is 20.0. The predicted octanol–water partition coefficient (Wildman–Crippen LogP) is 2.94. The highest BCUT2D eigenvalue weighted by Gasteiger charge is 2.49. The molecule has 8 N–H and O–H groups in total. The minimum absolute atomic E-state index is 0.00569. The molecule has 0 bridgehead atoms. The van der Waals surface area contributed by atoms with Gasteiger partial charge in [0, 0.05) is 35.3 Å². The van der Waals surface area contributed by atoms with Crippen LogP contribution < -0.4 is 32.6 Å². The van der Waals surface area contributed by atoms with Gasteiger partial charge in [0.2, 0.25) is 5.88 Å². The van der Waals surface area contributed by atoms with Crippen LogP contribution in [0.15, 0.2) is 60.7 Å². The number of piperidine rings is 1. The van der Waals surface area contributed by atoms with E-state index in [1.54, 1.807) is 30.3 Å². The fourth-order valence-electron chi connectivity index (χ4n) is 5.34. The second kappa shape index (κ2) is 9.48. The van der Waals surface area contributed by atoms with Crippen LogP contribution in [-0.2, 0) is 10.3 Å². The molecule has 194 valence electrons. The van der Waals surface area contributed by atoms with Gasteiger partial charge in [-0.3, -0.25) is 9.59 Å². The smallest absolute Gasteiger partial charge is 0.262 e. The second-order valence-corrected chi connectivity index (χ2v) is 10.7. The maximum Gasteiger partial charge on any atom is 0.262 e. The highest BCUT2D eigenvalue weighted by atomic mass is 32.1. The third-order valence-electron chi connectivity index (χ3n) is 7.24. The second-order valence-electron chi connectivity index (χ2n) is 9.69. The van der Waals surface area contributed by atoms with Gasteiger partial charge in [0.25, 0.3) is 5.91 Å². The molecule has 1 fully saturated rings. The van der Waals surface area contributed by atoms with E-state index in [2.05, 4.69) is 15.6 Å². The number of carbonyl (C=O) groups is 2. The zero-order valence-electron chi connectivity index (χ0n) is 20.6. The van der Waals surface area contributed by atoms with E-state index in [1.165, 1.54) is 11.3 Å². The average molecular weight is 529 g/mol. The molecule has 6 rings (SSSR count). The fourth-order valence-corrected chi connectivity index (χ4v) is 6.54. The van der Waals surface area contributed by atoms with Crippen molar-refractivity contribution >= 4 is 38.8 Å². The molecule has 0 saturated carbocycles. The molecule has 1 saturated heterocycles. The van der Waals surface area contributed by atoms with E-state index in [1.807, 2.05) is 30.3 Å². The number of ketones is 1. The zero-order valence-corrected chi connectivity index (χ0v) is 21.4. The summed E-state index contributed by atoms with van der Waals surface area (Å²) in [6.07, 6.45) is 1.87. The molecular weight excluding hydrogens is 500 g/mol. The molecule has 3 heterocycles. The zero-order chi connectivity index (χ0) is 26.4. The van der Waals surface area contributed by atoms with Gasteiger partial charge in [0.1, 0.15) is 11.3 Å². The minimum Gasteiger partial charge on any atom is -0.439 e. The van der Waals surface area contributed by atoms with Crippen molar-refractivity contribution in [1.29, 1.82) is 0 Å². The number of anilines is 1. The Balaban J connectivity index is 1.46. The number of nitrogens with one attached hydrogen (secondary N) is 2. The maximum absolute atomic E-state index is 14.0. The van der Waals surface area contributed by atoms with E-state index in [4.69, 9.17) is 21.9 Å². The molecule has 0 radical (unpaired) electrons. The molecule has 38 heavy (non-hydrogen) atoms. The van der Waals surface area contributed by atoms with Crippen LogP contribution in [0.3, 0.4) is 0 Å². The van der Waals surface area contributed by atoms with Crippen molar-refractivity contribution in [3.05, 3.63) is 82.4 Å². The van der Waals surface area contributed by atoms with Crippen LogP contribution in [0, 0.1) is 0 Å². The van der Waals surface area contributed by atoms with Crippen molar-refractivity contribution < 1.29 is 14.3 Å².